The van der Waals surface area contributed by atoms with Gasteiger partial charge in [-0.1, -0.05) is 78.6 Å². The molecule has 0 nitrogen and oxygen atoms in total. The highest BCUT2D eigenvalue weighted by molar-refractivity contribution is 5.33. The fraction of sp³-hybridized carbons (Fsp3) is 0.647. The van der Waals surface area contributed by atoms with Crippen LogP contribution in [0.2, 0.25) is 0 Å². The van der Waals surface area contributed by atoms with E-state index in [2.05, 4.69) is 52.0 Å². The molecule has 0 radical (unpaired) electrons. The summed E-state index contributed by atoms with van der Waals surface area (Å²) in [5, 5.41) is 0. The quantitative estimate of drug-likeness (QED) is 0.589. The molecule has 0 spiro atoms. The van der Waals surface area contributed by atoms with Crippen LogP contribution in [0.15, 0.2) is 24.3 Å². The Morgan fingerprint density at radius 2 is 1.24 bits per heavy atom. The van der Waals surface area contributed by atoms with Crippen LogP contribution in [0.1, 0.15) is 65.5 Å². The lowest BCUT2D eigenvalue weighted by atomic mass is 9.90. The highest BCUT2D eigenvalue weighted by Gasteiger charge is 2.27. The van der Waals surface area contributed by atoms with E-state index in [0.717, 1.165) is 0 Å². The first-order valence-corrected chi connectivity index (χ1v) is 7.16. The molecule has 0 fully saturated rings. The van der Waals surface area contributed by atoms with Gasteiger partial charge < -0.3 is 0 Å². The van der Waals surface area contributed by atoms with Crippen molar-refractivity contribution in [3.8, 4) is 0 Å². The largest absolute Gasteiger partial charge is 0.0683 e. The van der Waals surface area contributed by atoms with E-state index in [1.807, 2.05) is 13.8 Å². The van der Waals surface area contributed by atoms with Crippen molar-refractivity contribution >= 4 is 0 Å². The first-order chi connectivity index (χ1) is 8.09. The van der Waals surface area contributed by atoms with Crippen LogP contribution in [0.25, 0.3) is 0 Å². The van der Waals surface area contributed by atoms with E-state index in [1.54, 1.807) is 11.1 Å². The summed E-state index contributed by atoms with van der Waals surface area (Å²) in [5.74, 6) is 0. The molecular formula is C17H30. The summed E-state index contributed by atoms with van der Waals surface area (Å²) in [6.45, 7) is 13.0. The average Bonchev–Trinajstić information content (AvgIpc) is 2.65. The van der Waals surface area contributed by atoms with Crippen molar-refractivity contribution in [1.82, 2.24) is 0 Å². The molecule has 1 aliphatic carbocycles. The lowest BCUT2D eigenvalue weighted by molar-refractivity contribution is 0.392. The Hall–Kier alpha value is -0.780. The van der Waals surface area contributed by atoms with Crippen LogP contribution >= 0.6 is 0 Å². The molecule has 0 saturated carbocycles. The van der Waals surface area contributed by atoms with Crippen molar-refractivity contribution in [2.45, 2.75) is 67.2 Å². The van der Waals surface area contributed by atoms with Crippen molar-refractivity contribution in [3.05, 3.63) is 35.4 Å². The molecule has 1 aliphatic rings. The van der Waals surface area contributed by atoms with Gasteiger partial charge in [-0.15, -0.1) is 0 Å². The maximum absolute atomic E-state index is 2.34. The second kappa shape index (κ2) is 8.33. The average molecular weight is 234 g/mol. The zero-order valence-electron chi connectivity index (χ0n) is 12.6. The topological polar surface area (TPSA) is 0 Å². The molecule has 0 unspecified atom stereocenters. The fourth-order valence-electron chi connectivity index (χ4n) is 2.00. The molecular weight excluding hydrogens is 204 g/mol. The van der Waals surface area contributed by atoms with E-state index in [-0.39, 0.29) is 0 Å². The number of hydrogen-bond donors (Lipinski definition) is 0. The standard InChI is InChI=1S/C11H14.C4H10.C2H6/c1-11(2)7-9-5-3-4-6-10(9)8-11;1-3-4-2;1-2/h3-6H,7-8H2,1-2H3;3-4H2,1-2H3;1-2H3. The number of unbranched alkanes of at least 4 members (excludes halogenated alkanes) is 1. The maximum atomic E-state index is 2.34. The monoisotopic (exact) mass is 234 g/mol. The Bertz CT molecular complexity index is 268. The van der Waals surface area contributed by atoms with Gasteiger partial charge >= 0.3 is 0 Å². The summed E-state index contributed by atoms with van der Waals surface area (Å²) in [7, 11) is 0. The summed E-state index contributed by atoms with van der Waals surface area (Å²) >= 11 is 0. The molecule has 0 heterocycles. The van der Waals surface area contributed by atoms with Gasteiger partial charge in [-0.3, -0.25) is 0 Å². The number of fused-ring (bicyclic) bond motifs is 1. The third-order valence-corrected chi connectivity index (χ3v) is 2.96. The third-order valence-electron chi connectivity index (χ3n) is 2.96. The summed E-state index contributed by atoms with van der Waals surface area (Å²) in [4.78, 5) is 0. The lowest BCUT2D eigenvalue weighted by Crippen LogP contribution is -2.09. The predicted octanol–water partition coefficient (Wildman–Crippen LogP) is 5.64. The van der Waals surface area contributed by atoms with Gasteiger partial charge in [0.15, 0.2) is 0 Å². The second-order valence-corrected chi connectivity index (χ2v) is 5.29. The molecule has 0 heteroatoms. The first kappa shape index (κ1) is 16.2. The van der Waals surface area contributed by atoms with Gasteiger partial charge in [-0.05, 0) is 29.4 Å². The third kappa shape index (κ3) is 5.91. The van der Waals surface area contributed by atoms with Crippen LogP contribution in [-0.2, 0) is 12.8 Å². The van der Waals surface area contributed by atoms with E-state index in [4.69, 9.17) is 0 Å². The van der Waals surface area contributed by atoms with Crippen LogP contribution in [0.5, 0.6) is 0 Å². The Kier molecular flexibility index (Phi) is 7.95. The molecule has 0 saturated heterocycles. The zero-order chi connectivity index (χ0) is 13.3. The van der Waals surface area contributed by atoms with Gasteiger partial charge in [0.25, 0.3) is 0 Å². The van der Waals surface area contributed by atoms with Gasteiger partial charge in [0.1, 0.15) is 0 Å². The molecule has 98 valence electrons. The van der Waals surface area contributed by atoms with Crippen LogP contribution in [0, 0.1) is 5.41 Å². The smallest absolute Gasteiger partial charge is 0.0221 e. The van der Waals surface area contributed by atoms with Crippen molar-refractivity contribution in [1.29, 1.82) is 0 Å². The lowest BCUT2D eigenvalue weighted by Gasteiger charge is -2.14. The summed E-state index contributed by atoms with van der Waals surface area (Å²) in [6.07, 6.45) is 5.15. The number of hydrogen-bond acceptors (Lipinski definition) is 0. The molecule has 0 bridgehead atoms. The minimum absolute atomic E-state index is 0.504. The minimum Gasteiger partial charge on any atom is -0.0683 e. The molecule has 1 aromatic carbocycles. The zero-order valence-corrected chi connectivity index (χ0v) is 12.6. The predicted molar refractivity (Wildman–Crippen MR) is 79.6 cm³/mol. The first-order valence-electron chi connectivity index (χ1n) is 7.16. The molecule has 0 amide bonds. The minimum atomic E-state index is 0.504. The van der Waals surface area contributed by atoms with Gasteiger partial charge in [-0.25, -0.2) is 0 Å². The van der Waals surface area contributed by atoms with E-state index >= 15 is 0 Å². The van der Waals surface area contributed by atoms with Crippen molar-refractivity contribution < 1.29 is 0 Å². The summed E-state index contributed by atoms with van der Waals surface area (Å²) in [6, 6.07) is 8.79. The van der Waals surface area contributed by atoms with Crippen molar-refractivity contribution in [2.24, 2.45) is 5.41 Å². The van der Waals surface area contributed by atoms with Gasteiger partial charge in [0, 0.05) is 0 Å². The maximum Gasteiger partial charge on any atom is -0.0221 e. The highest BCUT2D eigenvalue weighted by atomic mass is 14.3. The Morgan fingerprint density at radius 3 is 1.53 bits per heavy atom. The molecule has 1 aromatic rings. The molecule has 0 atom stereocenters. The van der Waals surface area contributed by atoms with Crippen molar-refractivity contribution in [3.63, 3.8) is 0 Å². The second-order valence-electron chi connectivity index (χ2n) is 5.29. The molecule has 17 heavy (non-hydrogen) atoms. The van der Waals surface area contributed by atoms with E-state index in [0.29, 0.717) is 5.41 Å². The van der Waals surface area contributed by atoms with Crippen LogP contribution < -0.4 is 0 Å². The number of rotatable bonds is 1. The highest BCUT2D eigenvalue weighted by Crippen LogP contribution is 2.35. The van der Waals surface area contributed by atoms with Gasteiger partial charge in [0.05, 0.1) is 0 Å². The van der Waals surface area contributed by atoms with E-state index < -0.39 is 0 Å². The van der Waals surface area contributed by atoms with E-state index in [1.165, 1.54) is 25.7 Å². The SMILES string of the molecule is CC.CC1(C)Cc2ccccc2C1.CCCC. The Balaban J connectivity index is 0.000000368. The fourth-order valence-corrected chi connectivity index (χ4v) is 2.00. The van der Waals surface area contributed by atoms with Crippen LogP contribution in [0.4, 0.5) is 0 Å². The van der Waals surface area contributed by atoms with Gasteiger partial charge in [0.2, 0.25) is 0 Å². The molecule has 0 aromatic heterocycles. The number of benzene rings is 1. The Morgan fingerprint density at radius 1 is 0.882 bits per heavy atom. The summed E-state index contributed by atoms with van der Waals surface area (Å²) in [5.41, 5.74) is 3.61. The normalized spacial score (nSPS) is 14.9. The molecule has 0 N–H and O–H groups in total. The summed E-state index contributed by atoms with van der Waals surface area (Å²) < 4.78 is 0. The molecule has 0 aliphatic heterocycles. The van der Waals surface area contributed by atoms with Crippen LogP contribution in [-0.4, -0.2) is 0 Å². The van der Waals surface area contributed by atoms with Gasteiger partial charge in [-0.2, -0.15) is 0 Å². The Labute approximate surface area is 108 Å². The van der Waals surface area contributed by atoms with E-state index in [9.17, 15) is 0 Å². The molecule has 2 rings (SSSR count). The van der Waals surface area contributed by atoms with Crippen LogP contribution in [0.3, 0.4) is 0 Å². The van der Waals surface area contributed by atoms with Crippen molar-refractivity contribution in [2.75, 3.05) is 0 Å².